The molecular formula is C14H17ClN2OS. The number of benzene rings is 1. The van der Waals surface area contributed by atoms with E-state index in [1.807, 2.05) is 36.0 Å². The number of amidine groups is 1. The van der Waals surface area contributed by atoms with Crippen LogP contribution in [0.1, 0.15) is 18.4 Å². The van der Waals surface area contributed by atoms with Gasteiger partial charge >= 0.3 is 0 Å². The predicted octanol–water partition coefficient (Wildman–Crippen LogP) is 3.08. The van der Waals surface area contributed by atoms with E-state index in [1.54, 1.807) is 0 Å². The van der Waals surface area contributed by atoms with E-state index in [0.29, 0.717) is 6.54 Å². The minimum absolute atomic E-state index is 0.224. The predicted molar refractivity (Wildman–Crippen MR) is 81.0 cm³/mol. The molecule has 1 aromatic rings. The van der Waals surface area contributed by atoms with Gasteiger partial charge in [-0.2, -0.15) is 0 Å². The van der Waals surface area contributed by atoms with Crippen molar-refractivity contribution in [3.05, 3.63) is 34.9 Å². The third-order valence-electron chi connectivity index (χ3n) is 3.63. The molecule has 1 spiro atoms. The molecule has 0 saturated carbocycles. The average molecular weight is 297 g/mol. The lowest BCUT2D eigenvalue weighted by atomic mass is 9.93. The van der Waals surface area contributed by atoms with Gasteiger partial charge in [0.2, 0.25) is 0 Å². The Balaban J connectivity index is 1.61. The molecule has 3 rings (SSSR count). The van der Waals surface area contributed by atoms with E-state index in [1.165, 1.54) is 5.56 Å². The summed E-state index contributed by atoms with van der Waals surface area (Å²) in [6, 6.07) is 7.87. The smallest absolute Gasteiger partial charge is 0.157 e. The van der Waals surface area contributed by atoms with Gasteiger partial charge in [0.1, 0.15) is 0 Å². The highest BCUT2D eigenvalue weighted by atomic mass is 35.5. The Morgan fingerprint density at radius 2 is 2.00 bits per heavy atom. The van der Waals surface area contributed by atoms with Gasteiger partial charge in [-0.3, -0.25) is 4.99 Å². The molecule has 2 aliphatic heterocycles. The topological polar surface area (TPSA) is 33.6 Å². The first-order valence-electron chi connectivity index (χ1n) is 6.53. The number of thioether (sulfide) groups is 1. The average Bonchev–Trinajstić information content (AvgIpc) is 2.82. The molecule has 2 aliphatic rings. The molecule has 3 nitrogen and oxygen atoms in total. The van der Waals surface area contributed by atoms with Crippen LogP contribution in [0.25, 0.3) is 0 Å². The third kappa shape index (κ3) is 3.25. The molecule has 0 unspecified atom stereocenters. The van der Waals surface area contributed by atoms with Crippen LogP contribution in [0.2, 0.25) is 5.02 Å². The fourth-order valence-corrected chi connectivity index (χ4v) is 3.72. The quantitative estimate of drug-likeness (QED) is 0.910. The molecule has 0 atom stereocenters. The van der Waals surface area contributed by atoms with Crippen molar-refractivity contribution in [2.24, 2.45) is 4.99 Å². The first-order chi connectivity index (χ1) is 9.26. The van der Waals surface area contributed by atoms with E-state index in [2.05, 4.69) is 10.3 Å². The van der Waals surface area contributed by atoms with Crippen molar-refractivity contribution in [1.29, 1.82) is 0 Å². The van der Waals surface area contributed by atoms with E-state index in [-0.39, 0.29) is 5.54 Å². The Hall–Kier alpha value is -0.710. The van der Waals surface area contributed by atoms with Gasteiger partial charge in [0, 0.05) is 24.0 Å². The lowest BCUT2D eigenvalue weighted by Crippen LogP contribution is -2.48. The largest absolute Gasteiger partial charge is 0.381 e. The van der Waals surface area contributed by atoms with Crippen LogP contribution in [-0.2, 0) is 11.3 Å². The van der Waals surface area contributed by atoms with E-state index >= 15 is 0 Å². The maximum atomic E-state index is 5.87. The Morgan fingerprint density at radius 1 is 1.26 bits per heavy atom. The van der Waals surface area contributed by atoms with Crippen molar-refractivity contribution in [2.75, 3.05) is 19.0 Å². The maximum Gasteiger partial charge on any atom is 0.157 e. The van der Waals surface area contributed by atoms with Crippen LogP contribution in [0.4, 0.5) is 0 Å². The lowest BCUT2D eigenvalue weighted by molar-refractivity contribution is 0.0555. The molecule has 2 saturated heterocycles. The molecule has 0 radical (unpaired) electrons. The van der Waals surface area contributed by atoms with Crippen LogP contribution in [0.5, 0.6) is 0 Å². The van der Waals surface area contributed by atoms with E-state index in [0.717, 1.165) is 42.0 Å². The minimum Gasteiger partial charge on any atom is -0.381 e. The van der Waals surface area contributed by atoms with Crippen molar-refractivity contribution in [3.8, 4) is 0 Å². The number of nitrogens with one attached hydrogen (secondary N) is 1. The SMILES string of the molecule is Clc1ccc(CN=C2NC3(CCOCC3)CS2)cc1. The summed E-state index contributed by atoms with van der Waals surface area (Å²) in [4.78, 5) is 4.66. The Kier molecular flexibility index (Phi) is 4.01. The van der Waals surface area contributed by atoms with E-state index < -0.39 is 0 Å². The number of hydrogen-bond donors (Lipinski definition) is 1. The van der Waals surface area contributed by atoms with Gasteiger partial charge in [0.15, 0.2) is 5.17 Å². The Bertz CT molecular complexity index is 469. The Morgan fingerprint density at radius 3 is 2.74 bits per heavy atom. The number of rotatable bonds is 2. The van der Waals surface area contributed by atoms with Gasteiger partial charge in [-0.25, -0.2) is 0 Å². The fourth-order valence-electron chi connectivity index (χ4n) is 2.38. The fraction of sp³-hybridized carbons (Fsp3) is 0.500. The molecule has 0 amide bonds. The highest BCUT2D eigenvalue weighted by Crippen LogP contribution is 2.31. The monoisotopic (exact) mass is 296 g/mol. The first-order valence-corrected chi connectivity index (χ1v) is 7.90. The van der Waals surface area contributed by atoms with Crippen LogP contribution >= 0.6 is 23.4 Å². The second kappa shape index (κ2) is 5.73. The molecule has 2 heterocycles. The molecule has 2 fully saturated rings. The van der Waals surface area contributed by atoms with Crippen molar-refractivity contribution in [1.82, 2.24) is 5.32 Å². The normalized spacial score (nSPS) is 23.7. The molecule has 19 heavy (non-hydrogen) atoms. The number of halogens is 1. The van der Waals surface area contributed by atoms with Crippen LogP contribution in [0.15, 0.2) is 29.3 Å². The first kappa shape index (κ1) is 13.3. The molecule has 1 N–H and O–H groups in total. The van der Waals surface area contributed by atoms with Crippen molar-refractivity contribution in [2.45, 2.75) is 24.9 Å². The summed E-state index contributed by atoms with van der Waals surface area (Å²) in [5.74, 6) is 1.11. The summed E-state index contributed by atoms with van der Waals surface area (Å²) in [5, 5.41) is 5.43. The highest BCUT2D eigenvalue weighted by molar-refractivity contribution is 8.14. The summed E-state index contributed by atoms with van der Waals surface area (Å²) >= 11 is 7.70. The zero-order valence-corrected chi connectivity index (χ0v) is 12.3. The summed E-state index contributed by atoms with van der Waals surface area (Å²) in [6.45, 7) is 2.43. The number of hydrogen-bond acceptors (Lipinski definition) is 3. The Labute approximate surface area is 122 Å². The zero-order valence-electron chi connectivity index (χ0n) is 10.7. The van der Waals surface area contributed by atoms with E-state index in [9.17, 15) is 0 Å². The number of aliphatic imine (C=N–C) groups is 1. The molecular weight excluding hydrogens is 280 g/mol. The van der Waals surface area contributed by atoms with Crippen LogP contribution < -0.4 is 5.32 Å². The van der Waals surface area contributed by atoms with Gasteiger partial charge in [-0.05, 0) is 30.5 Å². The molecule has 0 aromatic heterocycles. The summed E-state index contributed by atoms with van der Waals surface area (Å²) in [7, 11) is 0. The molecule has 1 aromatic carbocycles. The van der Waals surface area contributed by atoms with Crippen LogP contribution in [0, 0.1) is 0 Å². The minimum atomic E-state index is 0.224. The summed E-state index contributed by atoms with van der Waals surface area (Å²) < 4.78 is 5.43. The lowest BCUT2D eigenvalue weighted by Gasteiger charge is -2.32. The highest BCUT2D eigenvalue weighted by Gasteiger charge is 2.38. The second-order valence-corrected chi connectivity index (χ2v) is 6.45. The summed E-state index contributed by atoms with van der Waals surface area (Å²) in [5.41, 5.74) is 1.41. The van der Waals surface area contributed by atoms with Gasteiger partial charge in [-0.1, -0.05) is 35.5 Å². The van der Waals surface area contributed by atoms with E-state index in [4.69, 9.17) is 16.3 Å². The number of ether oxygens (including phenoxy) is 1. The van der Waals surface area contributed by atoms with Gasteiger partial charge in [0.05, 0.1) is 12.1 Å². The molecule has 0 bridgehead atoms. The van der Waals surface area contributed by atoms with Gasteiger partial charge in [0.25, 0.3) is 0 Å². The van der Waals surface area contributed by atoms with Crippen molar-refractivity contribution < 1.29 is 4.74 Å². The molecule has 0 aliphatic carbocycles. The maximum absolute atomic E-state index is 5.87. The van der Waals surface area contributed by atoms with Crippen LogP contribution in [-0.4, -0.2) is 29.7 Å². The molecule has 102 valence electrons. The zero-order chi connectivity index (χ0) is 13.1. The van der Waals surface area contributed by atoms with Crippen molar-refractivity contribution >= 4 is 28.5 Å². The van der Waals surface area contributed by atoms with Crippen LogP contribution in [0.3, 0.4) is 0 Å². The summed E-state index contributed by atoms with van der Waals surface area (Å²) in [6.07, 6.45) is 2.17. The number of nitrogens with zero attached hydrogens (tertiary/aromatic N) is 1. The van der Waals surface area contributed by atoms with Crippen molar-refractivity contribution in [3.63, 3.8) is 0 Å². The second-order valence-electron chi connectivity index (χ2n) is 5.05. The standard InChI is InChI=1S/C14H17ClN2OS/c15-12-3-1-11(2-4-12)9-16-13-17-14(10-19-13)5-7-18-8-6-14/h1-4H,5-10H2,(H,16,17). The molecule has 5 heteroatoms. The van der Waals surface area contributed by atoms with Gasteiger partial charge in [-0.15, -0.1) is 0 Å². The third-order valence-corrected chi connectivity index (χ3v) is 5.08. The van der Waals surface area contributed by atoms with Gasteiger partial charge < -0.3 is 10.1 Å².